The smallest absolute Gasteiger partial charge is 0.319 e. The van der Waals surface area contributed by atoms with Gasteiger partial charge < -0.3 is 10.6 Å². The molecule has 0 aliphatic heterocycles. The number of rotatable bonds is 4. The van der Waals surface area contributed by atoms with Crippen LogP contribution in [0.5, 0.6) is 0 Å². The van der Waals surface area contributed by atoms with Gasteiger partial charge in [-0.3, -0.25) is 0 Å². The number of thiophene rings is 1. The third-order valence-electron chi connectivity index (χ3n) is 2.57. The molecular formula is C14H15ClN2OS. The normalized spacial score (nSPS) is 11.9. The van der Waals surface area contributed by atoms with E-state index in [9.17, 15) is 4.79 Å². The number of benzene rings is 1. The number of carbonyl (C=O) groups is 1. The van der Waals surface area contributed by atoms with E-state index >= 15 is 0 Å². The van der Waals surface area contributed by atoms with Gasteiger partial charge in [0.15, 0.2) is 0 Å². The van der Waals surface area contributed by atoms with E-state index in [1.165, 1.54) is 4.88 Å². The molecule has 0 bridgehead atoms. The molecule has 0 spiro atoms. The van der Waals surface area contributed by atoms with Gasteiger partial charge in [-0.15, -0.1) is 11.3 Å². The van der Waals surface area contributed by atoms with Crippen LogP contribution in [0.3, 0.4) is 0 Å². The van der Waals surface area contributed by atoms with E-state index < -0.39 is 0 Å². The van der Waals surface area contributed by atoms with Gasteiger partial charge in [0.05, 0.1) is 0 Å². The number of hydrogen-bond donors (Lipinski definition) is 2. The van der Waals surface area contributed by atoms with E-state index in [0.717, 1.165) is 12.1 Å². The Bertz CT molecular complexity index is 525. The van der Waals surface area contributed by atoms with E-state index in [1.807, 2.05) is 18.4 Å². The van der Waals surface area contributed by atoms with E-state index in [2.05, 4.69) is 16.7 Å². The van der Waals surface area contributed by atoms with Crippen LogP contribution >= 0.6 is 22.9 Å². The minimum absolute atomic E-state index is 0.0888. The van der Waals surface area contributed by atoms with Crippen LogP contribution in [-0.4, -0.2) is 12.1 Å². The molecule has 0 unspecified atom stereocenters. The first-order chi connectivity index (χ1) is 9.13. The number of hydrogen-bond acceptors (Lipinski definition) is 2. The van der Waals surface area contributed by atoms with Crippen LogP contribution in [0.4, 0.5) is 10.5 Å². The van der Waals surface area contributed by atoms with Crippen molar-refractivity contribution >= 4 is 34.7 Å². The topological polar surface area (TPSA) is 41.1 Å². The van der Waals surface area contributed by atoms with Gasteiger partial charge in [0.1, 0.15) is 0 Å². The average molecular weight is 295 g/mol. The molecular weight excluding hydrogens is 280 g/mol. The lowest BCUT2D eigenvalue weighted by Crippen LogP contribution is -2.37. The second-order valence-corrected chi connectivity index (χ2v) is 5.76. The Morgan fingerprint density at radius 2 is 2.05 bits per heavy atom. The predicted molar refractivity (Wildman–Crippen MR) is 81.1 cm³/mol. The number of carbonyl (C=O) groups excluding carboxylic acids is 1. The molecule has 0 saturated heterocycles. The van der Waals surface area contributed by atoms with Crippen molar-refractivity contribution in [2.75, 3.05) is 5.32 Å². The first-order valence-electron chi connectivity index (χ1n) is 5.99. The summed E-state index contributed by atoms with van der Waals surface area (Å²) in [6.07, 6.45) is 0.839. The Morgan fingerprint density at radius 1 is 1.32 bits per heavy atom. The summed E-state index contributed by atoms with van der Waals surface area (Å²) in [4.78, 5) is 13.0. The average Bonchev–Trinajstić information content (AvgIpc) is 2.84. The van der Waals surface area contributed by atoms with E-state index in [-0.39, 0.29) is 12.1 Å². The minimum Gasteiger partial charge on any atom is -0.335 e. The maximum Gasteiger partial charge on any atom is 0.319 e. The van der Waals surface area contributed by atoms with Crippen molar-refractivity contribution in [2.24, 2.45) is 0 Å². The van der Waals surface area contributed by atoms with Gasteiger partial charge in [0.2, 0.25) is 0 Å². The molecule has 1 aromatic carbocycles. The summed E-state index contributed by atoms with van der Waals surface area (Å²) in [5, 5.41) is 8.37. The second kappa shape index (κ2) is 6.59. The molecule has 1 atom stereocenters. The lowest BCUT2D eigenvalue weighted by molar-refractivity contribution is 0.249. The van der Waals surface area contributed by atoms with Gasteiger partial charge in [0, 0.05) is 28.0 Å². The van der Waals surface area contributed by atoms with Crippen molar-refractivity contribution in [3.63, 3.8) is 0 Å². The Labute approximate surface area is 121 Å². The van der Waals surface area contributed by atoms with Gasteiger partial charge in [-0.25, -0.2) is 4.79 Å². The maximum atomic E-state index is 11.8. The van der Waals surface area contributed by atoms with E-state index in [1.54, 1.807) is 35.6 Å². The number of amides is 2. The fourth-order valence-corrected chi connectivity index (χ4v) is 2.67. The second-order valence-electron chi connectivity index (χ2n) is 4.29. The van der Waals surface area contributed by atoms with Crippen molar-refractivity contribution in [1.82, 2.24) is 5.32 Å². The largest absolute Gasteiger partial charge is 0.335 e. The van der Waals surface area contributed by atoms with Gasteiger partial charge in [0.25, 0.3) is 0 Å². The molecule has 0 radical (unpaired) electrons. The molecule has 1 heterocycles. The van der Waals surface area contributed by atoms with Gasteiger partial charge in [-0.05, 0) is 42.6 Å². The summed E-state index contributed by atoms with van der Waals surface area (Å²) in [5.41, 5.74) is 0.727. The van der Waals surface area contributed by atoms with Crippen LogP contribution < -0.4 is 10.6 Å². The summed E-state index contributed by atoms with van der Waals surface area (Å²) in [6.45, 7) is 1.99. The summed E-state index contributed by atoms with van der Waals surface area (Å²) in [7, 11) is 0. The first-order valence-corrected chi connectivity index (χ1v) is 7.25. The standard InChI is InChI=1S/C14H15ClN2OS/c1-10(9-13-3-2-8-19-13)16-14(18)17-12-6-4-11(15)5-7-12/h2-8,10H,9H2,1H3,(H2,16,17,18)/t10-/m1/s1. The van der Waals surface area contributed by atoms with E-state index in [0.29, 0.717) is 5.02 Å². The lowest BCUT2D eigenvalue weighted by atomic mass is 10.2. The Morgan fingerprint density at radius 3 is 2.68 bits per heavy atom. The van der Waals surface area contributed by atoms with Crippen LogP contribution in [0.2, 0.25) is 5.02 Å². The highest BCUT2D eigenvalue weighted by atomic mass is 35.5. The summed E-state index contributed by atoms with van der Waals surface area (Å²) in [6, 6.07) is 11.0. The molecule has 0 fully saturated rings. The van der Waals surface area contributed by atoms with Crippen molar-refractivity contribution in [3.05, 3.63) is 51.7 Å². The van der Waals surface area contributed by atoms with Crippen LogP contribution in [0.1, 0.15) is 11.8 Å². The number of nitrogens with one attached hydrogen (secondary N) is 2. The summed E-state index contributed by atoms with van der Waals surface area (Å²) < 4.78 is 0. The molecule has 2 aromatic rings. The third-order valence-corrected chi connectivity index (χ3v) is 3.72. The molecule has 3 nitrogen and oxygen atoms in total. The number of urea groups is 1. The van der Waals surface area contributed by atoms with Gasteiger partial charge >= 0.3 is 6.03 Å². The van der Waals surface area contributed by atoms with Crippen LogP contribution in [-0.2, 0) is 6.42 Å². The maximum absolute atomic E-state index is 11.8. The molecule has 100 valence electrons. The zero-order chi connectivity index (χ0) is 13.7. The Balaban J connectivity index is 1.82. The summed E-state index contributed by atoms with van der Waals surface area (Å²) in [5.74, 6) is 0. The molecule has 2 amide bonds. The Hall–Kier alpha value is -1.52. The predicted octanol–water partition coefficient (Wildman–Crippen LogP) is 4.15. The molecule has 2 rings (SSSR count). The molecule has 0 aliphatic rings. The van der Waals surface area contributed by atoms with Crippen LogP contribution in [0, 0.1) is 0 Å². The molecule has 19 heavy (non-hydrogen) atoms. The SMILES string of the molecule is C[C@H](Cc1cccs1)NC(=O)Nc1ccc(Cl)cc1. The quantitative estimate of drug-likeness (QED) is 0.873. The molecule has 2 N–H and O–H groups in total. The van der Waals surface area contributed by atoms with Crippen LogP contribution in [0.15, 0.2) is 41.8 Å². The molecule has 0 saturated carbocycles. The van der Waals surface area contributed by atoms with Crippen molar-refractivity contribution < 1.29 is 4.79 Å². The monoisotopic (exact) mass is 294 g/mol. The van der Waals surface area contributed by atoms with Gasteiger partial charge in [-0.2, -0.15) is 0 Å². The molecule has 0 aliphatic carbocycles. The van der Waals surface area contributed by atoms with Crippen LogP contribution in [0.25, 0.3) is 0 Å². The zero-order valence-corrected chi connectivity index (χ0v) is 12.1. The van der Waals surface area contributed by atoms with Crippen molar-refractivity contribution in [2.45, 2.75) is 19.4 Å². The first kappa shape index (κ1) is 13.9. The highest BCUT2D eigenvalue weighted by molar-refractivity contribution is 7.09. The lowest BCUT2D eigenvalue weighted by Gasteiger charge is -2.13. The molecule has 1 aromatic heterocycles. The van der Waals surface area contributed by atoms with Crippen molar-refractivity contribution in [3.8, 4) is 0 Å². The zero-order valence-electron chi connectivity index (χ0n) is 10.5. The Kier molecular flexibility index (Phi) is 4.82. The number of halogens is 1. The van der Waals surface area contributed by atoms with E-state index in [4.69, 9.17) is 11.6 Å². The highest BCUT2D eigenvalue weighted by Crippen LogP contribution is 2.14. The van der Waals surface area contributed by atoms with Gasteiger partial charge in [-0.1, -0.05) is 17.7 Å². The fraction of sp³-hybridized carbons (Fsp3) is 0.214. The third kappa shape index (κ3) is 4.58. The number of anilines is 1. The fourth-order valence-electron chi connectivity index (χ4n) is 1.71. The minimum atomic E-state index is -0.202. The summed E-state index contributed by atoms with van der Waals surface area (Å²) >= 11 is 7.48. The van der Waals surface area contributed by atoms with Crippen molar-refractivity contribution in [1.29, 1.82) is 0 Å². The molecule has 5 heteroatoms. The highest BCUT2D eigenvalue weighted by Gasteiger charge is 2.08.